The average molecular weight is 297 g/mol. The number of fused-ring (bicyclic) bond motifs is 1. The summed E-state index contributed by atoms with van der Waals surface area (Å²) in [5.41, 5.74) is 10.7. The molecule has 5 nitrogen and oxygen atoms in total. The predicted octanol–water partition coefficient (Wildman–Crippen LogP) is 3.97. The van der Waals surface area contributed by atoms with E-state index in [0.717, 1.165) is 30.5 Å². The van der Waals surface area contributed by atoms with E-state index in [-0.39, 0.29) is 16.7 Å². The Kier molecular flexibility index (Phi) is 3.71. The lowest BCUT2D eigenvalue weighted by atomic mass is 9.87. The van der Waals surface area contributed by atoms with E-state index in [0.29, 0.717) is 5.69 Å². The lowest BCUT2D eigenvalue weighted by Crippen LogP contribution is -2.18. The number of nitro benzene ring substituents is 1. The number of rotatable bonds is 3. The molecule has 1 atom stereocenters. The molecule has 22 heavy (non-hydrogen) atoms. The van der Waals surface area contributed by atoms with Crippen molar-refractivity contribution in [1.29, 1.82) is 0 Å². The van der Waals surface area contributed by atoms with Gasteiger partial charge in [0.2, 0.25) is 0 Å². The molecule has 0 fully saturated rings. The molecule has 0 heterocycles. The van der Waals surface area contributed by atoms with Gasteiger partial charge in [-0.3, -0.25) is 10.1 Å². The summed E-state index contributed by atoms with van der Waals surface area (Å²) in [6, 6.07) is 11.2. The zero-order chi connectivity index (χ0) is 15.7. The Morgan fingerprint density at radius 1 is 1.32 bits per heavy atom. The molecule has 1 aliphatic rings. The van der Waals surface area contributed by atoms with Crippen molar-refractivity contribution >= 4 is 17.1 Å². The van der Waals surface area contributed by atoms with Gasteiger partial charge in [-0.15, -0.1) is 0 Å². The van der Waals surface area contributed by atoms with Crippen LogP contribution in [-0.2, 0) is 6.42 Å². The van der Waals surface area contributed by atoms with Crippen LogP contribution < -0.4 is 11.1 Å². The minimum atomic E-state index is -0.331. The largest absolute Gasteiger partial charge is 0.399 e. The monoisotopic (exact) mass is 297 g/mol. The third kappa shape index (κ3) is 2.62. The van der Waals surface area contributed by atoms with Crippen molar-refractivity contribution in [2.45, 2.75) is 32.2 Å². The van der Waals surface area contributed by atoms with Crippen LogP contribution in [0, 0.1) is 17.0 Å². The summed E-state index contributed by atoms with van der Waals surface area (Å²) in [4.78, 5) is 10.9. The fourth-order valence-corrected chi connectivity index (χ4v) is 3.15. The van der Waals surface area contributed by atoms with Gasteiger partial charge in [-0.05, 0) is 55.0 Å². The summed E-state index contributed by atoms with van der Waals surface area (Å²) in [6.07, 6.45) is 3.02. The second kappa shape index (κ2) is 5.67. The van der Waals surface area contributed by atoms with Crippen molar-refractivity contribution in [3.05, 3.63) is 63.2 Å². The number of nitrogens with zero attached hydrogens (tertiary/aromatic N) is 1. The van der Waals surface area contributed by atoms with Crippen LogP contribution in [0.1, 0.15) is 35.6 Å². The fourth-order valence-electron chi connectivity index (χ4n) is 3.15. The van der Waals surface area contributed by atoms with Gasteiger partial charge >= 0.3 is 0 Å². The zero-order valence-corrected chi connectivity index (χ0v) is 12.5. The molecular formula is C17H19N3O2. The van der Waals surface area contributed by atoms with Crippen molar-refractivity contribution in [2.75, 3.05) is 11.1 Å². The predicted molar refractivity (Wildman–Crippen MR) is 88.0 cm³/mol. The normalized spacial score (nSPS) is 16.9. The van der Waals surface area contributed by atoms with E-state index in [2.05, 4.69) is 5.32 Å². The van der Waals surface area contributed by atoms with Crippen LogP contribution in [0.5, 0.6) is 0 Å². The van der Waals surface area contributed by atoms with Crippen LogP contribution in [-0.4, -0.2) is 4.92 Å². The van der Waals surface area contributed by atoms with Crippen molar-refractivity contribution in [2.24, 2.45) is 0 Å². The standard InChI is InChI=1S/C17H19N3O2/c1-11-4-2-7-16(20(21)22)17(11)19-15-6-3-5-12-10-13(18)8-9-14(12)15/h2,4,7-10,15,19H,3,5-6,18H2,1H3. The van der Waals surface area contributed by atoms with E-state index >= 15 is 0 Å². The second-order valence-corrected chi connectivity index (χ2v) is 5.77. The van der Waals surface area contributed by atoms with Gasteiger partial charge in [0.15, 0.2) is 0 Å². The van der Waals surface area contributed by atoms with Gasteiger partial charge in [0.05, 0.1) is 11.0 Å². The van der Waals surface area contributed by atoms with Crippen LogP contribution >= 0.6 is 0 Å². The Bertz CT molecular complexity index is 728. The Morgan fingerprint density at radius 2 is 2.14 bits per heavy atom. The van der Waals surface area contributed by atoms with Crippen LogP contribution in [0.4, 0.5) is 17.1 Å². The summed E-state index contributed by atoms with van der Waals surface area (Å²) in [7, 11) is 0. The molecule has 2 aromatic rings. The van der Waals surface area contributed by atoms with Crippen LogP contribution in [0.25, 0.3) is 0 Å². The lowest BCUT2D eigenvalue weighted by Gasteiger charge is -2.28. The Morgan fingerprint density at radius 3 is 2.91 bits per heavy atom. The fraction of sp³-hybridized carbons (Fsp3) is 0.294. The first-order chi connectivity index (χ1) is 10.6. The number of nitrogen functional groups attached to an aromatic ring is 1. The first-order valence-electron chi connectivity index (χ1n) is 7.45. The zero-order valence-electron chi connectivity index (χ0n) is 12.5. The number of nitrogens with two attached hydrogens (primary N) is 1. The highest BCUT2D eigenvalue weighted by Crippen LogP contribution is 2.37. The summed E-state index contributed by atoms with van der Waals surface area (Å²) in [5, 5.41) is 14.6. The van der Waals surface area contributed by atoms with Gasteiger partial charge in [-0.2, -0.15) is 0 Å². The summed E-state index contributed by atoms with van der Waals surface area (Å²) < 4.78 is 0. The number of nitro groups is 1. The number of aryl methyl sites for hydroxylation is 2. The Labute approximate surface area is 129 Å². The number of benzene rings is 2. The average Bonchev–Trinajstić information content (AvgIpc) is 2.48. The summed E-state index contributed by atoms with van der Waals surface area (Å²) >= 11 is 0. The molecule has 0 aromatic heterocycles. The highest BCUT2D eigenvalue weighted by Gasteiger charge is 2.24. The minimum absolute atomic E-state index is 0.0872. The second-order valence-electron chi connectivity index (χ2n) is 5.77. The van der Waals surface area contributed by atoms with Gasteiger partial charge in [0.25, 0.3) is 5.69 Å². The van der Waals surface area contributed by atoms with Crippen molar-refractivity contribution < 1.29 is 4.92 Å². The molecule has 2 aromatic carbocycles. The molecule has 0 bridgehead atoms. The topological polar surface area (TPSA) is 81.2 Å². The smallest absolute Gasteiger partial charge is 0.292 e. The first-order valence-corrected chi connectivity index (χ1v) is 7.45. The number of hydrogen-bond acceptors (Lipinski definition) is 4. The van der Waals surface area contributed by atoms with E-state index in [4.69, 9.17) is 5.73 Å². The van der Waals surface area contributed by atoms with E-state index in [1.54, 1.807) is 12.1 Å². The van der Waals surface area contributed by atoms with Crippen molar-refractivity contribution in [3.63, 3.8) is 0 Å². The SMILES string of the molecule is Cc1cccc([N+](=O)[O-])c1NC1CCCc2cc(N)ccc21. The van der Waals surface area contributed by atoms with Gasteiger partial charge in [0, 0.05) is 11.8 Å². The summed E-state index contributed by atoms with van der Waals surface area (Å²) in [6.45, 7) is 1.89. The lowest BCUT2D eigenvalue weighted by molar-refractivity contribution is -0.384. The van der Waals surface area contributed by atoms with E-state index in [1.807, 2.05) is 31.2 Å². The van der Waals surface area contributed by atoms with Crippen molar-refractivity contribution in [3.8, 4) is 0 Å². The molecule has 0 aliphatic heterocycles. The third-order valence-corrected chi connectivity index (χ3v) is 4.25. The maximum absolute atomic E-state index is 11.3. The number of hydrogen-bond donors (Lipinski definition) is 2. The Balaban J connectivity index is 1.98. The maximum atomic E-state index is 11.3. The van der Waals surface area contributed by atoms with Gasteiger partial charge in [-0.25, -0.2) is 0 Å². The molecule has 1 unspecified atom stereocenters. The van der Waals surface area contributed by atoms with E-state index in [9.17, 15) is 10.1 Å². The van der Waals surface area contributed by atoms with Crippen molar-refractivity contribution in [1.82, 2.24) is 0 Å². The highest BCUT2D eigenvalue weighted by molar-refractivity contribution is 5.67. The van der Waals surface area contributed by atoms with Gasteiger partial charge in [0.1, 0.15) is 5.69 Å². The number of para-hydroxylation sites is 1. The molecule has 5 heteroatoms. The molecule has 0 saturated heterocycles. The molecular weight excluding hydrogens is 278 g/mol. The molecule has 0 amide bonds. The van der Waals surface area contributed by atoms with Gasteiger partial charge < -0.3 is 11.1 Å². The molecule has 3 N–H and O–H groups in total. The molecule has 0 radical (unpaired) electrons. The van der Waals surface area contributed by atoms with Crippen LogP contribution in [0.15, 0.2) is 36.4 Å². The third-order valence-electron chi connectivity index (χ3n) is 4.25. The van der Waals surface area contributed by atoms with Crippen LogP contribution in [0.2, 0.25) is 0 Å². The molecule has 0 saturated carbocycles. The number of nitrogens with one attached hydrogen (secondary N) is 1. The quantitative estimate of drug-likeness (QED) is 0.510. The Hall–Kier alpha value is -2.56. The van der Waals surface area contributed by atoms with Gasteiger partial charge in [-0.1, -0.05) is 18.2 Å². The maximum Gasteiger partial charge on any atom is 0.292 e. The molecule has 1 aliphatic carbocycles. The van der Waals surface area contributed by atoms with E-state index < -0.39 is 0 Å². The highest BCUT2D eigenvalue weighted by atomic mass is 16.6. The molecule has 0 spiro atoms. The molecule has 114 valence electrons. The van der Waals surface area contributed by atoms with Crippen LogP contribution in [0.3, 0.4) is 0 Å². The number of anilines is 2. The molecule has 3 rings (SSSR count). The minimum Gasteiger partial charge on any atom is -0.399 e. The summed E-state index contributed by atoms with van der Waals surface area (Å²) in [5.74, 6) is 0. The van der Waals surface area contributed by atoms with E-state index in [1.165, 1.54) is 11.1 Å². The first kappa shape index (κ1) is 14.4.